The van der Waals surface area contributed by atoms with Crippen molar-refractivity contribution in [3.63, 3.8) is 0 Å². The third-order valence-corrected chi connectivity index (χ3v) is 8.15. The minimum atomic E-state index is -0.729. The van der Waals surface area contributed by atoms with Gasteiger partial charge >= 0.3 is 6.03 Å². The van der Waals surface area contributed by atoms with Crippen LogP contribution < -0.4 is 0 Å². The zero-order chi connectivity index (χ0) is 25.3. The van der Waals surface area contributed by atoms with Gasteiger partial charge in [-0.25, -0.2) is 4.79 Å². The Labute approximate surface area is 215 Å². The van der Waals surface area contributed by atoms with E-state index in [1.807, 2.05) is 40.1 Å². The maximum atomic E-state index is 14.5. The second kappa shape index (κ2) is 9.55. The van der Waals surface area contributed by atoms with Gasteiger partial charge in [0.2, 0.25) is 0 Å². The molecule has 36 heavy (non-hydrogen) atoms. The van der Waals surface area contributed by atoms with Gasteiger partial charge in [0.25, 0.3) is 0 Å². The molecule has 0 aliphatic carbocycles. The van der Waals surface area contributed by atoms with Crippen molar-refractivity contribution in [3.8, 4) is 0 Å². The van der Waals surface area contributed by atoms with Crippen molar-refractivity contribution in [2.45, 2.75) is 44.8 Å². The quantitative estimate of drug-likeness (QED) is 0.479. The number of nitrogens with zero attached hydrogens (tertiary/aromatic N) is 4. The van der Waals surface area contributed by atoms with Crippen molar-refractivity contribution in [2.75, 3.05) is 26.2 Å². The Balaban J connectivity index is 1.67. The molecule has 2 aliphatic heterocycles. The molecule has 0 N–H and O–H groups in total. The summed E-state index contributed by atoms with van der Waals surface area (Å²) in [4.78, 5) is 26.4. The zero-order valence-corrected chi connectivity index (χ0v) is 21.8. The number of amidine groups is 1. The summed E-state index contributed by atoms with van der Waals surface area (Å²) in [5.74, 6) is 0.726. The van der Waals surface area contributed by atoms with Crippen LogP contribution in [-0.4, -0.2) is 58.8 Å². The van der Waals surface area contributed by atoms with Gasteiger partial charge in [-0.1, -0.05) is 91.0 Å². The van der Waals surface area contributed by atoms with Gasteiger partial charge in [0.15, 0.2) is 0 Å². The summed E-state index contributed by atoms with van der Waals surface area (Å²) in [5, 5.41) is 0. The van der Waals surface area contributed by atoms with Crippen molar-refractivity contribution in [2.24, 2.45) is 4.99 Å². The van der Waals surface area contributed by atoms with Crippen molar-refractivity contribution >= 4 is 11.9 Å². The van der Waals surface area contributed by atoms with Gasteiger partial charge in [0, 0.05) is 37.8 Å². The molecular weight excluding hydrogens is 444 g/mol. The number of urea groups is 1. The van der Waals surface area contributed by atoms with Crippen LogP contribution in [0, 0.1) is 0 Å². The third kappa shape index (κ3) is 3.92. The number of amides is 2. The molecule has 1 fully saturated rings. The van der Waals surface area contributed by atoms with Crippen LogP contribution >= 0.6 is 0 Å². The highest BCUT2D eigenvalue weighted by molar-refractivity contribution is 6.10. The number of carbonyl (C=O) groups is 1. The van der Waals surface area contributed by atoms with E-state index in [-0.39, 0.29) is 6.03 Å². The summed E-state index contributed by atoms with van der Waals surface area (Å²) >= 11 is 0. The van der Waals surface area contributed by atoms with Gasteiger partial charge in [-0.15, -0.1) is 0 Å². The first-order valence-electron chi connectivity index (χ1n) is 13.0. The molecule has 5 heteroatoms. The van der Waals surface area contributed by atoms with E-state index in [1.54, 1.807) is 0 Å². The third-order valence-electron chi connectivity index (χ3n) is 8.15. The number of aliphatic imine (C=N–C) groups is 1. The molecule has 2 amide bonds. The lowest BCUT2D eigenvalue weighted by Gasteiger charge is -2.47. The molecule has 0 radical (unpaired) electrons. The van der Waals surface area contributed by atoms with Crippen LogP contribution in [0.5, 0.6) is 0 Å². The van der Waals surface area contributed by atoms with Crippen LogP contribution in [0.2, 0.25) is 0 Å². The number of rotatable bonds is 4. The second-order valence-electron chi connectivity index (χ2n) is 10.4. The summed E-state index contributed by atoms with van der Waals surface area (Å²) in [5.41, 5.74) is 1.70. The number of hydrogen-bond acceptors (Lipinski definition) is 3. The number of hydrogen-bond donors (Lipinski definition) is 0. The number of benzene rings is 3. The smallest absolute Gasteiger partial charge is 0.322 e. The number of carbonyl (C=O) groups excluding carboxylic acids is 1. The predicted octanol–water partition coefficient (Wildman–Crippen LogP) is 5.73. The van der Waals surface area contributed by atoms with Crippen LogP contribution in [0.15, 0.2) is 96.0 Å². The Bertz CT molecular complexity index is 1220. The first-order chi connectivity index (χ1) is 17.4. The topological polar surface area (TPSA) is 39.1 Å². The molecule has 0 unspecified atom stereocenters. The molecule has 5 rings (SSSR count). The van der Waals surface area contributed by atoms with Crippen molar-refractivity contribution in [1.82, 2.24) is 14.7 Å². The molecule has 1 saturated heterocycles. The Hall–Kier alpha value is -3.44. The second-order valence-corrected chi connectivity index (χ2v) is 10.4. The molecule has 3 aromatic rings. The van der Waals surface area contributed by atoms with E-state index in [1.165, 1.54) is 0 Å². The SMILES string of the molecule is CC(C)N1CCN(C(=O)N2C(c3ccccc3)=N[C@@](C)(c3ccccc3)[C@@]2(C)c2ccccc2)CC1. The monoisotopic (exact) mass is 480 g/mol. The highest BCUT2D eigenvalue weighted by Gasteiger charge is 2.59. The Kier molecular flexibility index (Phi) is 6.44. The highest BCUT2D eigenvalue weighted by atomic mass is 16.2. The van der Waals surface area contributed by atoms with Crippen molar-refractivity contribution < 1.29 is 4.79 Å². The fraction of sp³-hybridized carbons (Fsp3) is 0.355. The fourth-order valence-corrected chi connectivity index (χ4v) is 5.72. The van der Waals surface area contributed by atoms with Crippen LogP contribution in [0.1, 0.15) is 44.4 Å². The van der Waals surface area contributed by atoms with Gasteiger partial charge in [0.1, 0.15) is 16.9 Å². The number of piperazine rings is 1. The van der Waals surface area contributed by atoms with E-state index in [2.05, 4.69) is 93.3 Å². The molecule has 0 saturated carbocycles. The van der Waals surface area contributed by atoms with E-state index < -0.39 is 11.1 Å². The maximum absolute atomic E-state index is 14.5. The Morgan fingerprint density at radius 2 is 1.25 bits per heavy atom. The van der Waals surface area contributed by atoms with Gasteiger partial charge in [-0.05, 0) is 38.8 Å². The van der Waals surface area contributed by atoms with E-state index >= 15 is 0 Å². The minimum absolute atomic E-state index is 0.0204. The first-order valence-corrected chi connectivity index (χ1v) is 13.0. The molecule has 5 nitrogen and oxygen atoms in total. The van der Waals surface area contributed by atoms with Crippen LogP contribution in [0.3, 0.4) is 0 Å². The van der Waals surface area contributed by atoms with Crippen LogP contribution in [0.4, 0.5) is 4.79 Å². The summed E-state index contributed by atoms with van der Waals surface area (Å²) in [6.45, 7) is 12.0. The normalized spacial score (nSPS) is 24.8. The van der Waals surface area contributed by atoms with Gasteiger partial charge < -0.3 is 4.90 Å². The Morgan fingerprint density at radius 1 is 0.750 bits per heavy atom. The molecule has 0 bridgehead atoms. The van der Waals surface area contributed by atoms with Crippen molar-refractivity contribution in [1.29, 1.82) is 0 Å². The van der Waals surface area contributed by atoms with Gasteiger partial charge in [-0.3, -0.25) is 14.8 Å². The molecular formula is C31H36N4O. The summed E-state index contributed by atoms with van der Waals surface area (Å²) in [7, 11) is 0. The van der Waals surface area contributed by atoms with Gasteiger partial charge in [-0.2, -0.15) is 0 Å². The molecule has 2 aliphatic rings. The molecule has 3 aromatic carbocycles. The lowest BCUT2D eigenvalue weighted by atomic mass is 9.71. The molecule has 0 spiro atoms. The Morgan fingerprint density at radius 3 is 1.78 bits per heavy atom. The van der Waals surface area contributed by atoms with E-state index in [0.717, 1.165) is 35.6 Å². The average Bonchev–Trinajstić information content (AvgIpc) is 3.18. The summed E-state index contributed by atoms with van der Waals surface area (Å²) in [6, 6.07) is 31.4. The maximum Gasteiger partial charge on any atom is 0.326 e. The fourth-order valence-electron chi connectivity index (χ4n) is 5.72. The van der Waals surface area contributed by atoms with Crippen LogP contribution in [-0.2, 0) is 11.1 Å². The van der Waals surface area contributed by atoms with Crippen molar-refractivity contribution in [3.05, 3.63) is 108 Å². The van der Waals surface area contributed by atoms with Crippen LogP contribution in [0.25, 0.3) is 0 Å². The first kappa shape index (κ1) is 24.3. The minimum Gasteiger partial charge on any atom is -0.322 e. The molecule has 0 aromatic heterocycles. The molecule has 2 heterocycles. The van der Waals surface area contributed by atoms with E-state index in [0.29, 0.717) is 19.1 Å². The molecule has 186 valence electrons. The zero-order valence-electron chi connectivity index (χ0n) is 21.8. The predicted molar refractivity (Wildman–Crippen MR) is 146 cm³/mol. The summed E-state index contributed by atoms with van der Waals surface area (Å²) in [6.07, 6.45) is 0. The average molecular weight is 481 g/mol. The standard InChI is InChI=1S/C31H36N4O/c1-24(2)33-20-22-34(23-21-33)29(36)35-28(25-14-8-5-9-15-25)32-30(3,26-16-10-6-11-17-26)31(35,4)27-18-12-7-13-19-27/h5-19,24H,20-23H2,1-4H3/t30-,31+/m0/s1. The summed E-state index contributed by atoms with van der Waals surface area (Å²) < 4.78 is 0. The highest BCUT2D eigenvalue weighted by Crippen LogP contribution is 2.53. The largest absolute Gasteiger partial charge is 0.326 e. The lowest BCUT2D eigenvalue weighted by Crippen LogP contribution is -2.61. The van der Waals surface area contributed by atoms with Gasteiger partial charge in [0.05, 0.1) is 0 Å². The molecule has 2 atom stereocenters. The van der Waals surface area contributed by atoms with E-state index in [9.17, 15) is 4.79 Å². The lowest BCUT2D eigenvalue weighted by molar-refractivity contribution is 0.0791. The van der Waals surface area contributed by atoms with E-state index in [4.69, 9.17) is 4.99 Å².